The fourth-order valence-electron chi connectivity index (χ4n) is 2.70. The molecule has 1 aromatic carbocycles. The predicted molar refractivity (Wildman–Crippen MR) is 87.8 cm³/mol. The van der Waals surface area contributed by atoms with Crippen LogP contribution in [0.5, 0.6) is 0 Å². The largest absolute Gasteiger partial charge is 0.351 e. The van der Waals surface area contributed by atoms with Crippen LogP contribution in [0.2, 0.25) is 0 Å². The van der Waals surface area contributed by atoms with Gasteiger partial charge in [-0.15, -0.1) is 0 Å². The van der Waals surface area contributed by atoms with Gasteiger partial charge in [-0.1, -0.05) is 18.2 Å². The van der Waals surface area contributed by atoms with Crippen molar-refractivity contribution in [2.45, 2.75) is 18.5 Å². The van der Waals surface area contributed by atoms with Crippen LogP contribution in [-0.2, 0) is 9.59 Å². The van der Waals surface area contributed by atoms with Gasteiger partial charge in [-0.3, -0.25) is 14.6 Å². The van der Waals surface area contributed by atoms with Crippen molar-refractivity contribution < 1.29 is 9.59 Å². The van der Waals surface area contributed by atoms with Crippen molar-refractivity contribution in [3.05, 3.63) is 36.5 Å². The number of amides is 2. The number of nitrogens with one attached hydrogen (secondary N) is 3. The van der Waals surface area contributed by atoms with E-state index < -0.39 is 0 Å². The Labute approximate surface area is 133 Å². The minimum atomic E-state index is -0.343. The minimum absolute atomic E-state index is 0.0455. The zero-order valence-electron chi connectivity index (χ0n) is 12.6. The number of anilines is 1. The fourth-order valence-corrected chi connectivity index (χ4v) is 2.70. The van der Waals surface area contributed by atoms with Gasteiger partial charge in [-0.2, -0.15) is 0 Å². The number of carbonyl (C=O) groups is 2. The number of nitrogens with two attached hydrogens (primary N) is 1. The highest BCUT2D eigenvalue weighted by Crippen LogP contribution is 2.17. The van der Waals surface area contributed by atoms with Crippen LogP contribution in [0, 0.1) is 0 Å². The van der Waals surface area contributed by atoms with Crippen LogP contribution in [0.4, 0.5) is 5.69 Å². The summed E-state index contributed by atoms with van der Waals surface area (Å²) in [5.41, 5.74) is 6.81. The Bertz CT molecular complexity index is 733. The van der Waals surface area contributed by atoms with Gasteiger partial charge in [0.2, 0.25) is 11.8 Å². The number of hydrogen-bond acceptors (Lipinski definition) is 5. The van der Waals surface area contributed by atoms with Gasteiger partial charge < -0.3 is 21.7 Å². The van der Waals surface area contributed by atoms with E-state index in [-0.39, 0.29) is 30.4 Å². The number of carbonyl (C=O) groups excluding carboxylic acids is 2. The second-order valence-corrected chi connectivity index (χ2v) is 5.57. The molecule has 2 amide bonds. The first-order valence-corrected chi connectivity index (χ1v) is 7.54. The number of pyridine rings is 1. The van der Waals surface area contributed by atoms with Gasteiger partial charge in [0.1, 0.15) is 0 Å². The number of benzene rings is 1. The molecule has 1 fully saturated rings. The van der Waals surface area contributed by atoms with Gasteiger partial charge in [-0.05, 0) is 18.6 Å². The molecule has 2 unspecified atom stereocenters. The van der Waals surface area contributed by atoms with Crippen LogP contribution < -0.4 is 21.7 Å². The SMILES string of the molecule is NCC(=O)NC1CNC(C(=O)Nc2cnc3ccccc3c2)C1. The summed E-state index contributed by atoms with van der Waals surface area (Å²) in [6, 6.07) is 9.20. The molecule has 1 aliphatic rings. The summed E-state index contributed by atoms with van der Waals surface area (Å²) in [6.45, 7) is 0.510. The molecular formula is C16H19N5O2. The molecule has 2 heterocycles. The van der Waals surface area contributed by atoms with Crippen LogP contribution in [0.1, 0.15) is 6.42 Å². The summed E-state index contributed by atoms with van der Waals surface area (Å²) < 4.78 is 0. The van der Waals surface area contributed by atoms with E-state index in [1.807, 2.05) is 30.3 Å². The van der Waals surface area contributed by atoms with Gasteiger partial charge in [0.05, 0.1) is 30.0 Å². The Balaban J connectivity index is 1.61. The summed E-state index contributed by atoms with van der Waals surface area (Å²) in [5.74, 6) is -0.344. The van der Waals surface area contributed by atoms with E-state index in [1.54, 1.807) is 6.20 Å². The molecule has 1 aliphatic heterocycles. The van der Waals surface area contributed by atoms with E-state index in [9.17, 15) is 9.59 Å². The molecule has 2 aromatic rings. The number of fused-ring (bicyclic) bond motifs is 1. The molecule has 2 atom stereocenters. The van der Waals surface area contributed by atoms with E-state index >= 15 is 0 Å². The standard InChI is InChI=1S/C16H19N5O2/c17-7-15(22)20-12-6-14(19-9-12)16(23)21-11-5-10-3-1-2-4-13(10)18-8-11/h1-5,8,12,14,19H,6-7,9,17H2,(H,20,22)(H,21,23). The Morgan fingerprint density at radius 1 is 1.35 bits per heavy atom. The first-order chi connectivity index (χ1) is 11.2. The van der Waals surface area contributed by atoms with Crippen LogP contribution >= 0.6 is 0 Å². The van der Waals surface area contributed by atoms with Crippen molar-refractivity contribution in [2.24, 2.45) is 5.73 Å². The molecule has 0 radical (unpaired) electrons. The van der Waals surface area contributed by atoms with Gasteiger partial charge in [0.15, 0.2) is 0 Å². The lowest BCUT2D eigenvalue weighted by atomic mass is 10.1. The molecule has 0 saturated carbocycles. The van der Waals surface area contributed by atoms with Crippen molar-refractivity contribution >= 4 is 28.4 Å². The van der Waals surface area contributed by atoms with Crippen LogP contribution in [0.25, 0.3) is 10.9 Å². The maximum absolute atomic E-state index is 12.3. The molecule has 7 nitrogen and oxygen atoms in total. The maximum Gasteiger partial charge on any atom is 0.241 e. The fraction of sp³-hybridized carbons (Fsp3) is 0.312. The first kappa shape index (κ1) is 15.4. The monoisotopic (exact) mass is 313 g/mol. The van der Waals surface area contributed by atoms with Crippen LogP contribution in [0.3, 0.4) is 0 Å². The summed E-state index contributed by atoms with van der Waals surface area (Å²) in [4.78, 5) is 27.9. The topological polar surface area (TPSA) is 109 Å². The van der Waals surface area contributed by atoms with Crippen molar-refractivity contribution in [3.8, 4) is 0 Å². The second kappa shape index (κ2) is 6.72. The molecule has 5 N–H and O–H groups in total. The Morgan fingerprint density at radius 2 is 2.17 bits per heavy atom. The highest BCUT2D eigenvalue weighted by atomic mass is 16.2. The lowest BCUT2D eigenvalue weighted by Crippen LogP contribution is -2.39. The van der Waals surface area contributed by atoms with E-state index in [1.165, 1.54) is 0 Å². The van der Waals surface area contributed by atoms with Gasteiger partial charge >= 0.3 is 0 Å². The third-order valence-corrected chi connectivity index (χ3v) is 3.86. The number of nitrogens with zero attached hydrogens (tertiary/aromatic N) is 1. The maximum atomic E-state index is 12.3. The zero-order chi connectivity index (χ0) is 16.2. The van der Waals surface area contributed by atoms with E-state index in [0.717, 1.165) is 10.9 Å². The summed E-state index contributed by atoms with van der Waals surface area (Å²) in [7, 11) is 0. The normalized spacial score (nSPS) is 20.4. The van der Waals surface area contributed by atoms with E-state index in [2.05, 4.69) is 20.9 Å². The molecule has 1 saturated heterocycles. The molecule has 1 aromatic heterocycles. The summed E-state index contributed by atoms with van der Waals surface area (Å²) in [5, 5.41) is 9.72. The second-order valence-electron chi connectivity index (χ2n) is 5.57. The lowest BCUT2D eigenvalue weighted by molar-refractivity contribution is -0.121. The lowest BCUT2D eigenvalue weighted by Gasteiger charge is -2.12. The van der Waals surface area contributed by atoms with E-state index in [0.29, 0.717) is 18.7 Å². The smallest absolute Gasteiger partial charge is 0.241 e. The van der Waals surface area contributed by atoms with Crippen LogP contribution in [-0.4, -0.2) is 42.0 Å². The van der Waals surface area contributed by atoms with Gasteiger partial charge in [-0.25, -0.2) is 0 Å². The zero-order valence-corrected chi connectivity index (χ0v) is 12.6. The average molecular weight is 313 g/mol. The van der Waals surface area contributed by atoms with E-state index in [4.69, 9.17) is 5.73 Å². The van der Waals surface area contributed by atoms with Crippen molar-refractivity contribution in [2.75, 3.05) is 18.4 Å². The van der Waals surface area contributed by atoms with Crippen molar-refractivity contribution in [3.63, 3.8) is 0 Å². The molecule has 0 spiro atoms. The average Bonchev–Trinajstić information content (AvgIpc) is 3.03. The number of para-hydroxylation sites is 1. The molecule has 0 bridgehead atoms. The number of aromatic nitrogens is 1. The van der Waals surface area contributed by atoms with Crippen molar-refractivity contribution in [1.82, 2.24) is 15.6 Å². The quantitative estimate of drug-likeness (QED) is 0.634. The minimum Gasteiger partial charge on any atom is -0.351 e. The third kappa shape index (κ3) is 3.64. The Morgan fingerprint density at radius 3 is 3.00 bits per heavy atom. The Hall–Kier alpha value is -2.51. The molecule has 3 rings (SSSR count). The highest BCUT2D eigenvalue weighted by Gasteiger charge is 2.30. The number of hydrogen-bond donors (Lipinski definition) is 4. The summed E-state index contributed by atoms with van der Waals surface area (Å²) in [6.07, 6.45) is 2.18. The van der Waals surface area contributed by atoms with Gasteiger partial charge in [0, 0.05) is 18.0 Å². The molecule has 23 heavy (non-hydrogen) atoms. The van der Waals surface area contributed by atoms with Crippen LogP contribution in [0.15, 0.2) is 36.5 Å². The number of rotatable bonds is 4. The predicted octanol–water partition coefficient (Wildman–Crippen LogP) is -0.0213. The first-order valence-electron chi connectivity index (χ1n) is 7.54. The van der Waals surface area contributed by atoms with Gasteiger partial charge in [0.25, 0.3) is 0 Å². The third-order valence-electron chi connectivity index (χ3n) is 3.86. The summed E-state index contributed by atoms with van der Waals surface area (Å²) >= 11 is 0. The van der Waals surface area contributed by atoms with Crippen molar-refractivity contribution in [1.29, 1.82) is 0 Å². The molecule has 0 aliphatic carbocycles. The highest BCUT2D eigenvalue weighted by molar-refractivity contribution is 5.96. The molecule has 7 heteroatoms. The molecule has 120 valence electrons. The molecular weight excluding hydrogens is 294 g/mol. The Kier molecular flexibility index (Phi) is 4.50.